The van der Waals surface area contributed by atoms with Crippen LogP contribution in [0.25, 0.3) is 22.7 Å². The molecule has 4 aromatic rings. The van der Waals surface area contributed by atoms with Crippen molar-refractivity contribution in [2.24, 2.45) is 0 Å². The summed E-state index contributed by atoms with van der Waals surface area (Å²) in [5.74, 6) is 0.256. The largest absolute Gasteiger partial charge is 0.490 e. The molecule has 0 aliphatic heterocycles. The van der Waals surface area contributed by atoms with Gasteiger partial charge in [-0.05, 0) is 48.9 Å². The number of ether oxygens (including phenoxy) is 2. The fraction of sp³-hybridized carbons (Fsp3) is 0.0833. The normalized spacial score (nSPS) is 11.2. The van der Waals surface area contributed by atoms with Crippen LogP contribution in [-0.4, -0.2) is 26.4 Å². The Labute approximate surface area is 208 Å². The minimum absolute atomic E-state index is 0.0186. The Morgan fingerprint density at radius 2 is 1.92 bits per heavy atom. The Kier molecular flexibility index (Phi) is 6.80. The predicted octanol–water partition coefficient (Wildman–Crippen LogP) is 6.29. The fourth-order valence-corrected chi connectivity index (χ4v) is 3.65. The van der Waals surface area contributed by atoms with Crippen LogP contribution in [0.1, 0.15) is 18.3 Å². The quantitative estimate of drug-likeness (QED) is 0.166. The Morgan fingerprint density at radius 3 is 2.58 bits per heavy atom. The molecule has 1 N–H and O–H groups in total. The summed E-state index contributed by atoms with van der Waals surface area (Å²) in [7, 11) is 0. The molecule has 12 heteroatoms. The molecule has 0 fully saturated rings. The van der Waals surface area contributed by atoms with Gasteiger partial charge in [-0.2, -0.15) is 5.26 Å². The van der Waals surface area contributed by atoms with Crippen molar-refractivity contribution in [2.75, 3.05) is 6.61 Å². The lowest BCUT2D eigenvalue weighted by Gasteiger charge is -2.14. The first-order valence-electron chi connectivity index (χ1n) is 10.4. The van der Waals surface area contributed by atoms with E-state index in [1.54, 1.807) is 19.1 Å². The van der Waals surface area contributed by atoms with Gasteiger partial charge in [0.25, 0.3) is 5.69 Å². The Balaban J connectivity index is 1.75. The highest BCUT2D eigenvalue weighted by molar-refractivity contribution is 6.32. The van der Waals surface area contributed by atoms with Gasteiger partial charge in [-0.15, -0.1) is 0 Å². The lowest BCUT2D eigenvalue weighted by atomic mass is 10.1. The molecule has 11 nitrogen and oxygen atoms in total. The fourth-order valence-electron chi connectivity index (χ4n) is 3.39. The van der Waals surface area contributed by atoms with E-state index in [-0.39, 0.29) is 34.5 Å². The van der Waals surface area contributed by atoms with Crippen molar-refractivity contribution < 1.29 is 19.3 Å². The van der Waals surface area contributed by atoms with E-state index in [4.69, 9.17) is 21.1 Å². The summed E-state index contributed by atoms with van der Waals surface area (Å²) in [6, 6.07) is 15.5. The van der Waals surface area contributed by atoms with Gasteiger partial charge in [-0.1, -0.05) is 23.7 Å². The molecule has 1 aromatic heterocycles. The number of allylic oxidation sites excluding steroid dienone is 1. The molecule has 1 heterocycles. The molecular weight excluding hydrogens is 490 g/mol. The molecule has 0 aliphatic carbocycles. The van der Waals surface area contributed by atoms with Crippen LogP contribution < -0.4 is 9.47 Å². The highest BCUT2D eigenvalue weighted by Gasteiger charge is 2.24. The van der Waals surface area contributed by atoms with E-state index in [1.165, 1.54) is 6.07 Å². The van der Waals surface area contributed by atoms with Crippen LogP contribution in [0, 0.1) is 31.6 Å². The number of nitrogens with one attached hydrogen (secondary N) is 1. The number of rotatable bonds is 8. The number of imidazole rings is 1. The third-order valence-corrected chi connectivity index (χ3v) is 5.25. The number of benzene rings is 3. The van der Waals surface area contributed by atoms with Crippen molar-refractivity contribution in [3.8, 4) is 23.3 Å². The van der Waals surface area contributed by atoms with Gasteiger partial charge in [0.15, 0.2) is 11.5 Å². The van der Waals surface area contributed by atoms with Crippen LogP contribution in [0.4, 0.5) is 11.4 Å². The summed E-state index contributed by atoms with van der Waals surface area (Å²) in [5.41, 5.74) is 1.14. The Bertz CT molecular complexity index is 1540. The molecular formula is C24H16ClN5O6. The first kappa shape index (κ1) is 24.2. The van der Waals surface area contributed by atoms with E-state index < -0.39 is 21.2 Å². The Morgan fingerprint density at radius 1 is 1.14 bits per heavy atom. The minimum Gasteiger partial charge on any atom is -0.490 e. The number of halogens is 1. The van der Waals surface area contributed by atoms with Gasteiger partial charge < -0.3 is 14.5 Å². The van der Waals surface area contributed by atoms with Crippen LogP contribution >= 0.6 is 11.6 Å². The zero-order valence-corrected chi connectivity index (χ0v) is 19.4. The van der Waals surface area contributed by atoms with Gasteiger partial charge in [0, 0.05) is 6.07 Å². The Hall–Kier alpha value is -4.95. The molecule has 3 aromatic carbocycles. The van der Waals surface area contributed by atoms with Crippen molar-refractivity contribution in [2.45, 2.75) is 6.92 Å². The number of para-hydroxylation sites is 2. The zero-order chi connectivity index (χ0) is 25.8. The number of fused-ring (bicyclic) bond motifs is 1. The van der Waals surface area contributed by atoms with Crippen LogP contribution in [0.15, 0.2) is 54.6 Å². The van der Waals surface area contributed by atoms with Gasteiger partial charge in [0.2, 0.25) is 5.75 Å². The number of aromatic amines is 1. The molecule has 0 spiro atoms. The van der Waals surface area contributed by atoms with Crippen molar-refractivity contribution in [1.29, 1.82) is 5.26 Å². The predicted molar refractivity (Wildman–Crippen MR) is 132 cm³/mol. The average molecular weight is 506 g/mol. The van der Waals surface area contributed by atoms with Gasteiger partial charge in [-0.3, -0.25) is 20.2 Å². The van der Waals surface area contributed by atoms with Gasteiger partial charge in [0.1, 0.15) is 11.9 Å². The van der Waals surface area contributed by atoms with E-state index in [9.17, 15) is 25.5 Å². The third-order valence-electron chi connectivity index (χ3n) is 4.97. The second kappa shape index (κ2) is 10.1. The molecule has 0 radical (unpaired) electrons. The van der Waals surface area contributed by atoms with E-state index in [2.05, 4.69) is 16.0 Å². The third kappa shape index (κ3) is 4.94. The van der Waals surface area contributed by atoms with E-state index in [1.807, 2.05) is 24.3 Å². The van der Waals surface area contributed by atoms with Crippen molar-refractivity contribution in [1.82, 2.24) is 9.97 Å². The summed E-state index contributed by atoms with van der Waals surface area (Å²) < 4.78 is 11.3. The monoisotopic (exact) mass is 505 g/mol. The van der Waals surface area contributed by atoms with Crippen molar-refractivity contribution in [3.05, 3.63) is 91.2 Å². The maximum absolute atomic E-state index is 11.5. The molecule has 0 unspecified atom stereocenters. The number of nitro groups is 2. The molecule has 0 bridgehead atoms. The number of non-ortho nitro benzene ring substituents is 1. The van der Waals surface area contributed by atoms with Gasteiger partial charge >= 0.3 is 5.69 Å². The van der Waals surface area contributed by atoms with Crippen molar-refractivity contribution in [3.63, 3.8) is 0 Å². The van der Waals surface area contributed by atoms with Crippen molar-refractivity contribution >= 4 is 45.7 Å². The first-order chi connectivity index (χ1) is 17.3. The van der Waals surface area contributed by atoms with Crippen LogP contribution in [0.3, 0.4) is 0 Å². The SMILES string of the molecule is CCOc1cc(/C=C(\C#N)c2nc3ccccc3[nH]2)cc(Cl)c1Oc1ccc([N+](=O)[O-])cc1[N+](=O)[O-]. The molecule has 0 amide bonds. The number of H-pyrrole nitrogens is 1. The first-order valence-corrected chi connectivity index (χ1v) is 10.8. The average Bonchev–Trinajstić information content (AvgIpc) is 3.28. The number of hydrogen-bond donors (Lipinski definition) is 1. The molecule has 0 saturated carbocycles. The van der Waals surface area contributed by atoms with Crippen LogP contribution in [0.2, 0.25) is 5.02 Å². The summed E-state index contributed by atoms with van der Waals surface area (Å²) in [4.78, 5) is 28.5. The number of nitriles is 1. The molecule has 0 atom stereocenters. The molecule has 0 aliphatic rings. The molecule has 36 heavy (non-hydrogen) atoms. The summed E-state index contributed by atoms with van der Waals surface area (Å²) in [6.07, 6.45) is 1.56. The van der Waals surface area contributed by atoms with E-state index >= 15 is 0 Å². The molecule has 180 valence electrons. The zero-order valence-electron chi connectivity index (χ0n) is 18.6. The van der Waals surface area contributed by atoms with E-state index in [0.29, 0.717) is 16.9 Å². The number of hydrogen-bond acceptors (Lipinski definition) is 8. The number of nitro benzene ring substituents is 2. The van der Waals surface area contributed by atoms with Gasteiger partial charge in [0.05, 0.1) is 44.1 Å². The highest BCUT2D eigenvalue weighted by Crippen LogP contribution is 2.43. The van der Waals surface area contributed by atoms with Crippen LogP contribution in [0.5, 0.6) is 17.2 Å². The highest BCUT2D eigenvalue weighted by atomic mass is 35.5. The second-order valence-electron chi connectivity index (χ2n) is 7.30. The summed E-state index contributed by atoms with van der Waals surface area (Å²) in [6.45, 7) is 1.94. The van der Waals surface area contributed by atoms with Gasteiger partial charge in [-0.25, -0.2) is 4.98 Å². The lowest BCUT2D eigenvalue weighted by molar-refractivity contribution is -0.394. The van der Waals surface area contributed by atoms with E-state index in [0.717, 1.165) is 23.7 Å². The standard InChI is InChI=1S/C24H16ClN5O6/c1-2-35-22-11-14(9-15(13-26)24-27-18-5-3-4-6-19(18)28-24)10-17(25)23(22)36-21-8-7-16(29(31)32)12-20(21)30(33)34/h3-12H,2H2,1H3,(H,27,28)/b15-9+. The lowest BCUT2D eigenvalue weighted by Crippen LogP contribution is -1.99. The minimum atomic E-state index is -0.791. The summed E-state index contributed by atoms with van der Waals surface area (Å²) >= 11 is 6.45. The molecule has 4 rings (SSSR count). The summed E-state index contributed by atoms with van der Waals surface area (Å²) in [5, 5.41) is 32.3. The number of nitrogens with zero attached hydrogens (tertiary/aromatic N) is 4. The smallest absolute Gasteiger partial charge is 0.318 e. The van der Waals surface area contributed by atoms with Crippen LogP contribution in [-0.2, 0) is 0 Å². The second-order valence-corrected chi connectivity index (χ2v) is 7.71. The maximum Gasteiger partial charge on any atom is 0.318 e. The maximum atomic E-state index is 11.5. The number of aromatic nitrogens is 2. The molecule has 0 saturated heterocycles. The topological polar surface area (TPSA) is 157 Å².